The number of halogens is 1. The van der Waals surface area contributed by atoms with Crippen LogP contribution in [-0.2, 0) is 56.6 Å². The van der Waals surface area contributed by atoms with Crippen LogP contribution in [0.3, 0.4) is 0 Å². The van der Waals surface area contributed by atoms with Gasteiger partial charge in [-0.1, -0.05) is 48.5 Å². The summed E-state index contributed by atoms with van der Waals surface area (Å²) >= 11 is 4.96. The molecule has 1 aliphatic carbocycles. The average molecular weight is 624 g/mol. The third kappa shape index (κ3) is 14.8. The van der Waals surface area contributed by atoms with Crippen LogP contribution in [0.2, 0.25) is 0 Å². The number of benzene rings is 2. The fraction of sp³-hybridized carbons (Fsp3) is 0.440. The second-order valence-corrected chi connectivity index (χ2v) is 7.70. The molecule has 38 heavy (non-hydrogen) atoms. The topological polar surface area (TPSA) is 142 Å². The van der Waals surface area contributed by atoms with Crippen molar-refractivity contribution in [3.05, 3.63) is 65.4 Å². The second-order valence-electron chi connectivity index (χ2n) is 7.48. The van der Waals surface area contributed by atoms with E-state index in [9.17, 15) is 14.7 Å². The number of carbonyl (C=O) groups excluding carboxylic acids is 2. The minimum absolute atomic E-state index is 0. The van der Waals surface area contributed by atoms with Crippen LogP contribution >= 0.6 is 11.5 Å². The molecule has 2 aromatic carbocycles. The van der Waals surface area contributed by atoms with Gasteiger partial charge in [-0.2, -0.15) is 11.5 Å². The van der Waals surface area contributed by atoms with Crippen LogP contribution in [0.4, 0.5) is 0 Å². The van der Waals surface area contributed by atoms with Crippen LogP contribution in [0.15, 0.2) is 48.5 Å². The normalized spacial score (nSPS) is 10.9. The Bertz CT molecular complexity index is 857. The van der Waals surface area contributed by atoms with E-state index in [1.165, 1.54) is 22.3 Å². The van der Waals surface area contributed by atoms with E-state index < -0.39 is 0 Å². The van der Waals surface area contributed by atoms with Gasteiger partial charge in [-0.05, 0) is 29.3 Å². The molecule has 0 unspecified atom stereocenters. The number of rotatable bonds is 15. The Hall–Kier alpha value is -1.24. The van der Waals surface area contributed by atoms with E-state index in [2.05, 4.69) is 57.3 Å². The maximum atomic E-state index is 11.1. The van der Waals surface area contributed by atoms with E-state index in [0.29, 0.717) is 32.7 Å². The first-order valence-electron chi connectivity index (χ1n) is 11.9. The molecule has 1 amide bonds. The van der Waals surface area contributed by atoms with Gasteiger partial charge in [0.25, 0.3) is 0 Å². The summed E-state index contributed by atoms with van der Waals surface area (Å²) in [6.45, 7) is 4.19. The molecule has 2 aromatic rings. The summed E-state index contributed by atoms with van der Waals surface area (Å²) in [7, 11) is 1.83. The summed E-state index contributed by atoms with van der Waals surface area (Å²) in [5.41, 5.74) is 11.9. The fourth-order valence-corrected chi connectivity index (χ4v) is 3.47. The molecular weight excluding hydrogens is 587 g/mol. The van der Waals surface area contributed by atoms with E-state index in [1.54, 1.807) is 0 Å². The van der Waals surface area contributed by atoms with Crippen molar-refractivity contribution in [2.45, 2.75) is 5.92 Å². The number of aliphatic hydroxyl groups excluding tert-OH is 1. The molecule has 0 heterocycles. The van der Waals surface area contributed by atoms with E-state index in [4.69, 9.17) is 26.7 Å². The molecule has 2 radical (unpaired) electrons. The summed E-state index contributed by atoms with van der Waals surface area (Å²) in [5, 5.41) is 17.2. The Morgan fingerprint density at radius 3 is 2.18 bits per heavy atom. The first-order chi connectivity index (χ1) is 18.1. The van der Waals surface area contributed by atoms with Crippen molar-refractivity contribution in [3.63, 3.8) is 0 Å². The van der Waals surface area contributed by atoms with Crippen molar-refractivity contribution in [2.24, 2.45) is 0 Å². The molecule has 0 atom stereocenters. The van der Waals surface area contributed by atoms with Crippen molar-refractivity contribution in [1.82, 2.24) is 16.0 Å². The smallest absolute Gasteiger partial charge is 0.359 e. The van der Waals surface area contributed by atoms with Gasteiger partial charge >= 0.3 is 6.83 Å². The van der Waals surface area contributed by atoms with Gasteiger partial charge in [0.2, 0.25) is 5.91 Å². The zero-order valence-electron chi connectivity index (χ0n) is 21.7. The number of amides is 1. The van der Waals surface area contributed by atoms with Gasteiger partial charge in [-0.3, -0.25) is 4.79 Å². The van der Waals surface area contributed by atoms with E-state index in [-0.39, 0.29) is 70.9 Å². The number of hydrogen-bond donors (Lipinski definition) is 4. The second kappa shape index (κ2) is 24.8. The molecule has 0 aliphatic heterocycles. The van der Waals surface area contributed by atoms with Crippen LogP contribution in [0, 0.1) is 0 Å². The van der Waals surface area contributed by atoms with Crippen molar-refractivity contribution >= 4 is 30.5 Å². The Morgan fingerprint density at radius 1 is 1.05 bits per heavy atom. The predicted molar refractivity (Wildman–Crippen MR) is 145 cm³/mol. The first-order valence-corrected chi connectivity index (χ1v) is 12.3. The maximum Gasteiger partial charge on any atom is 0.359 e. The molecule has 0 bridgehead atoms. The van der Waals surface area contributed by atoms with Crippen LogP contribution in [0.5, 0.6) is 0 Å². The van der Waals surface area contributed by atoms with Gasteiger partial charge < -0.3 is 40.6 Å². The monoisotopic (exact) mass is 623 g/mol. The Balaban J connectivity index is 0.000000570. The van der Waals surface area contributed by atoms with Gasteiger partial charge in [-0.15, -0.1) is 6.54 Å². The quantitative estimate of drug-likeness (QED) is 0.102. The van der Waals surface area contributed by atoms with Crippen LogP contribution in [0.1, 0.15) is 17.0 Å². The molecule has 13 heteroatoms. The number of nitrogens with one attached hydrogen (secondary N) is 4. The molecule has 5 N–H and O–H groups in total. The third-order valence-corrected chi connectivity index (χ3v) is 5.06. The molecule has 0 spiro atoms. The average Bonchev–Trinajstić information content (AvgIpc) is 3.25. The van der Waals surface area contributed by atoms with Gasteiger partial charge in [0.1, 0.15) is 19.5 Å². The van der Waals surface area contributed by atoms with Gasteiger partial charge in [0.05, 0.1) is 19.8 Å². The zero-order chi connectivity index (χ0) is 27.1. The molecule has 0 saturated heterocycles. The molecule has 10 nitrogen and oxygen atoms in total. The standard InChI is InChI=1S/C14H12O.C9H20N3O3.C2H4BClNO2.Y/c15-9-14-12-7-3-1-5-10(12)11-6-2-4-8-13(11)14;1-11-3-4-12-9(13)8-15-7-6-14-5-2-10;4-3-5-7-2-1-6;/h1-8,14-15H,9H2;10-11H,2-8H2,1H3,(H,12,13);1,5H,2H2;/q;-1;;. The number of fused-ring (bicyclic) bond motifs is 3. The summed E-state index contributed by atoms with van der Waals surface area (Å²) in [6.07, 6.45) is 0.618. The molecule has 206 valence electrons. The Labute approximate surface area is 255 Å². The van der Waals surface area contributed by atoms with Crippen molar-refractivity contribution in [3.8, 4) is 11.1 Å². The summed E-state index contributed by atoms with van der Waals surface area (Å²) in [5.74, 6) is 0.0446. The maximum absolute atomic E-state index is 11.1. The zero-order valence-corrected chi connectivity index (χ0v) is 25.3. The van der Waals surface area contributed by atoms with Crippen molar-refractivity contribution < 1.29 is 61.7 Å². The molecule has 1 aliphatic rings. The van der Waals surface area contributed by atoms with Crippen LogP contribution in [0.25, 0.3) is 16.9 Å². The van der Waals surface area contributed by atoms with E-state index in [1.807, 2.05) is 19.2 Å². The number of ether oxygens (including phenoxy) is 2. The largest absolute Gasteiger partial charge is 0.676 e. The molecule has 0 fully saturated rings. The summed E-state index contributed by atoms with van der Waals surface area (Å²) in [4.78, 5) is 24.9. The summed E-state index contributed by atoms with van der Waals surface area (Å²) < 4.78 is 10.1. The predicted octanol–water partition coefficient (Wildman–Crippen LogP) is 1.68. The summed E-state index contributed by atoms with van der Waals surface area (Å²) in [6, 6.07) is 16.6. The minimum atomic E-state index is -0.120. The number of aldehydes is 1. The van der Waals surface area contributed by atoms with Crippen LogP contribution in [-0.4, -0.2) is 90.5 Å². The number of hydrogen-bond acceptors (Lipinski definition) is 8. The van der Waals surface area contributed by atoms with Gasteiger partial charge in [0.15, 0.2) is 0 Å². The number of aliphatic hydroxyl groups is 1. The van der Waals surface area contributed by atoms with Gasteiger partial charge in [0, 0.05) is 58.3 Å². The molecule has 0 saturated carbocycles. The SMILES string of the molecule is CNCCNC(=O)COCCOCC[NH-].O=CCON[B]Cl.OCC1c2ccccc2-c2ccccc21.[Y]. The fourth-order valence-electron chi connectivity index (χ4n) is 3.41. The number of likely N-dealkylation sites (N-methyl/N-ethyl adjacent to an activating group) is 1. The van der Waals surface area contributed by atoms with Crippen molar-refractivity contribution in [1.29, 1.82) is 0 Å². The van der Waals surface area contributed by atoms with E-state index >= 15 is 0 Å². The molecule has 0 aromatic heterocycles. The first kappa shape index (κ1) is 36.8. The van der Waals surface area contributed by atoms with Crippen LogP contribution < -0.4 is 16.0 Å². The van der Waals surface area contributed by atoms with E-state index in [0.717, 1.165) is 13.4 Å². The van der Waals surface area contributed by atoms with Crippen molar-refractivity contribution in [2.75, 3.05) is 66.3 Å². The number of carbonyl (C=O) groups is 2. The minimum Gasteiger partial charge on any atom is -0.676 e. The Morgan fingerprint density at radius 2 is 1.66 bits per heavy atom. The van der Waals surface area contributed by atoms with Gasteiger partial charge in [-0.25, -0.2) is 5.39 Å². The third-order valence-electron chi connectivity index (χ3n) is 4.97. The molecular formula is C25H36BClN4O6Y-. The Kier molecular flexibility index (Phi) is 24.0. The molecule has 3 rings (SSSR count).